The molecule has 4 rings (SSSR count). The SMILES string of the molecule is CC(F)c1cc(F)ccc1-c1sc2cc(N=O)ccc2c1Oc1ccc(/C=C/C(=O)N=O)cc1. The molecular weight excluding hydrogens is 462 g/mol. The molecule has 0 radical (unpaired) electrons. The van der Waals surface area contributed by atoms with Crippen molar-refractivity contribution in [3.05, 3.63) is 93.5 Å². The van der Waals surface area contributed by atoms with E-state index in [0.717, 1.165) is 12.1 Å². The molecule has 0 saturated heterocycles. The standard InChI is InChI=1S/C25H16F2N2O4S/c1-14(26)21-12-16(27)5-9-19(21)25-24(20-10-6-17(28-31)13-22(20)34-25)33-18-7-2-15(3-8-18)4-11-23(30)29-32/h2-14H,1H3/b11-4+. The maximum absolute atomic E-state index is 14.4. The van der Waals surface area contributed by atoms with Crippen molar-refractivity contribution >= 4 is 39.1 Å². The number of carbonyl (C=O) groups is 1. The van der Waals surface area contributed by atoms with E-state index in [2.05, 4.69) is 10.4 Å². The Balaban J connectivity index is 1.81. The molecule has 1 atom stereocenters. The van der Waals surface area contributed by atoms with Crippen LogP contribution in [0.1, 0.15) is 24.2 Å². The summed E-state index contributed by atoms with van der Waals surface area (Å²) < 4.78 is 35.1. The van der Waals surface area contributed by atoms with Crippen LogP contribution in [0.3, 0.4) is 0 Å². The molecule has 1 unspecified atom stereocenters. The lowest BCUT2D eigenvalue weighted by atomic mass is 10.0. The normalized spacial score (nSPS) is 12.1. The number of benzene rings is 3. The highest BCUT2D eigenvalue weighted by Crippen LogP contribution is 2.49. The van der Waals surface area contributed by atoms with Crippen LogP contribution >= 0.6 is 11.3 Å². The van der Waals surface area contributed by atoms with E-state index in [4.69, 9.17) is 4.74 Å². The lowest BCUT2D eigenvalue weighted by molar-refractivity contribution is -0.113. The summed E-state index contributed by atoms with van der Waals surface area (Å²) in [7, 11) is 0. The van der Waals surface area contributed by atoms with E-state index in [1.807, 2.05) is 0 Å². The van der Waals surface area contributed by atoms with Crippen molar-refractivity contribution in [1.29, 1.82) is 0 Å². The van der Waals surface area contributed by atoms with Crippen LogP contribution in [0.4, 0.5) is 14.5 Å². The first-order valence-electron chi connectivity index (χ1n) is 10.1. The van der Waals surface area contributed by atoms with E-state index in [1.54, 1.807) is 42.5 Å². The second-order valence-electron chi connectivity index (χ2n) is 7.31. The van der Waals surface area contributed by atoms with Crippen molar-refractivity contribution in [3.63, 3.8) is 0 Å². The summed E-state index contributed by atoms with van der Waals surface area (Å²) in [5.74, 6) is -0.565. The van der Waals surface area contributed by atoms with Gasteiger partial charge in [0.25, 0.3) is 0 Å². The zero-order valence-electron chi connectivity index (χ0n) is 17.7. The van der Waals surface area contributed by atoms with Crippen LogP contribution in [0.2, 0.25) is 0 Å². The number of alkyl halides is 1. The number of halogens is 2. The fourth-order valence-corrected chi connectivity index (χ4v) is 4.64. The number of ether oxygens (including phenoxy) is 1. The van der Waals surface area contributed by atoms with Crippen LogP contribution in [0.5, 0.6) is 11.5 Å². The van der Waals surface area contributed by atoms with Gasteiger partial charge < -0.3 is 4.74 Å². The highest BCUT2D eigenvalue weighted by Gasteiger charge is 2.21. The third kappa shape index (κ3) is 4.79. The number of rotatable bonds is 7. The lowest BCUT2D eigenvalue weighted by Crippen LogP contribution is -1.93. The summed E-state index contributed by atoms with van der Waals surface area (Å²) in [6.07, 6.45) is 1.08. The summed E-state index contributed by atoms with van der Waals surface area (Å²) >= 11 is 1.28. The molecule has 0 N–H and O–H groups in total. The van der Waals surface area contributed by atoms with Gasteiger partial charge in [0, 0.05) is 26.9 Å². The molecule has 0 aliphatic rings. The van der Waals surface area contributed by atoms with Gasteiger partial charge in [-0.05, 0) is 71.8 Å². The molecule has 9 heteroatoms. The Hall–Kier alpha value is -4.11. The van der Waals surface area contributed by atoms with Crippen molar-refractivity contribution < 1.29 is 18.3 Å². The number of amides is 1. The predicted octanol–water partition coefficient (Wildman–Crippen LogP) is 8.23. The fourth-order valence-electron chi connectivity index (χ4n) is 3.43. The second-order valence-corrected chi connectivity index (χ2v) is 8.37. The van der Waals surface area contributed by atoms with Crippen LogP contribution in [0, 0.1) is 15.6 Å². The quantitative estimate of drug-likeness (QED) is 0.198. The number of thiophene rings is 1. The van der Waals surface area contributed by atoms with Gasteiger partial charge in [0.1, 0.15) is 23.4 Å². The number of hydrogen-bond donors (Lipinski definition) is 0. The summed E-state index contributed by atoms with van der Waals surface area (Å²) in [6.45, 7) is 1.33. The molecule has 0 saturated carbocycles. The van der Waals surface area contributed by atoms with Crippen molar-refractivity contribution in [3.8, 4) is 21.9 Å². The van der Waals surface area contributed by atoms with E-state index >= 15 is 0 Å². The molecule has 0 fully saturated rings. The van der Waals surface area contributed by atoms with Crippen molar-refractivity contribution in [1.82, 2.24) is 0 Å². The molecule has 1 amide bonds. The monoisotopic (exact) mass is 478 g/mol. The number of hydrogen-bond acceptors (Lipinski definition) is 6. The summed E-state index contributed by atoms with van der Waals surface area (Å²) in [6, 6.07) is 15.5. The Morgan fingerprint density at radius 3 is 2.50 bits per heavy atom. The zero-order valence-corrected chi connectivity index (χ0v) is 18.5. The molecule has 4 aromatic rings. The number of carbonyl (C=O) groups excluding carboxylic acids is 1. The van der Waals surface area contributed by atoms with Crippen molar-refractivity contribution in [2.75, 3.05) is 0 Å². The first-order chi connectivity index (χ1) is 16.4. The lowest BCUT2D eigenvalue weighted by Gasteiger charge is -2.13. The second kappa shape index (κ2) is 9.80. The van der Waals surface area contributed by atoms with Gasteiger partial charge in [-0.3, -0.25) is 4.79 Å². The highest BCUT2D eigenvalue weighted by atomic mass is 32.1. The first kappa shape index (κ1) is 23.1. The molecule has 3 aromatic carbocycles. The Kier molecular flexibility index (Phi) is 6.65. The molecule has 34 heavy (non-hydrogen) atoms. The average molecular weight is 478 g/mol. The molecule has 0 aliphatic heterocycles. The van der Waals surface area contributed by atoms with Crippen LogP contribution in [-0.4, -0.2) is 5.91 Å². The molecule has 0 spiro atoms. The minimum Gasteiger partial charge on any atom is -0.455 e. The molecule has 0 bridgehead atoms. The van der Waals surface area contributed by atoms with Gasteiger partial charge in [0.2, 0.25) is 0 Å². The smallest absolute Gasteiger partial charge is 0.309 e. The number of nitrogens with zero attached hydrogens (tertiary/aromatic N) is 2. The first-order valence-corrected chi connectivity index (χ1v) is 10.9. The minimum absolute atomic E-state index is 0.180. The molecule has 1 aromatic heterocycles. The van der Waals surface area contributed by atoms with Crippen LogP contribution in [0.15, 0.2) is 77.1 Å². The van der Waals surface area contributed by atoms with Gasteiger partial charge in [0.05, 0.1) is 4.88 Å². The summed E-state index contributed by atoms with van der Waals surface area (Å²) in [5, 5.41) is 5.95. The van der Waals surface area contributed by atoms with Crippen LogP contribution in [0.25, 0.3) is 26.6 Å². The Labute approximate surface area is 196 Å². The van der Waals surface area contributed by atoms with E-state index < -0.39 is 17.9 Å². The largest absolute Gasteiger partial charge is 0.455 e. The zero-order chi connectivity index (χ0) is 24.2. The number of nitroso groups, excluding NO2 is 2. The molecule has 1 heterocycles. The molecule has 0 aliphatic carbocycles. The van der Waals surface area contributed by atoms with E-state index in [-0.39, 0.29) is 11.3 Å². The van der Waals surface area contributed by atoms with Crippen LogP contribution in [-0.2, 0) is 4.79 Å². The fraction of sp³-hybridized carbons (Fsp3) is 0.0800. The summed E-state index contributed by atoms with van der Waals surface area (Å²) in [5.41, 5.74) is 1.54. The minimum atomic E-state index is -1.43. The molecule has 6 nitrogen and oxygen atoms in total. The van der Waals surface area contributed by atoms with Crippen LogP contribution < -0.4 is 4.74 Å². The van der Waals surface area contributed by atoms with Crippen molar-refractivity contribution in [2.45, 2.75) is 13.1 Å². The van der Waals surface area contributed by atoms with Gasteiger partial charge in [-0.1, -0.05) is 18.2 Å². The van der Waals surface area contributed by atoms with Crippen molar-refractivity contribution in [2.24, 2.45) is 10.4 Å². The Morgan fingerprint density at radius 2 is 1.82 bits per heavy atom. The van der Waals surface area contributed by atoms with Gasteiger partial charge in [-0.2, -0.15) is 0 Å². The molecular formula is C25H16F2N2O4S. The maximum Gasteiger partial charge on any atom is 0.309 e. The van der Waals surface area contributed by atoms with E-state index in [0.29, 0.717) is 37.6 Å². The Morgan fingerprint density at radius 1 is 1.06 bits per heavy atom. The van der Waals surface area contributed by atoms with Gasteiger partial charge in [0.15, 0.2) is 5.75 Å². The third-order valence-corrected chi connectivity index (χ3v) is 6.20. The van der Waals surface area contributed by atoms with Gasteiger partial charge in [-0.15, -0.1) is 21.2 Å². The average Bonchev–Trinajstić information content (AvgIpc) is 3.20. The van der Waals surface area contributed by atoms with Gasteiger partial charge in [-0.25, -0.2) is 8.78 Å². The third-order valence-electron chi connectivity index (χ3n) is 5.03. The molecule has 170 valence electrons. The maximum atomic E-state index is 14.4. The topological polar surface area (TPSA) is 85.2 Å². The Bertz CT molecular complexity index is 1430. The summed E-state index contributed by atoms with van der Waals surface area (Å²) in [4.78, 5) is 32.8. The number of fused-ring (bicyclic) bond motifs is 1. The van der Waals surface area contributed by atoms with E-state index in [1.165, 1.54) is 36.5 Å². The van der Waals surface area contributed by atoms with E-state index in [9.17, 15) is 23.4 Å². The highest BCUT2D eigenvalue weighted by molar-refractivity contribution is 7.22. The predicted molar refractivity (Wildman–Crippen MR) is 129 cm³/mol. The van der Waals surface area contributed by atoms with Gasteiger partial charge >= 0.3 is 5.91 Å².